The van der Waals surface area contributed by atoms with Crippen LogP contribution < -0.4 is 4.90 Å². The van der Waals surface area contributed by atoms with E-state index in [9.17, 15) is 9.59 Å². The Balaban J connectivity index is 1.63. The van der Waals surface area contributed by atoms with Crippen LogP contribution in [0.1, 0.15) is 48.7 Å². The molecule has 0 saturated heterocycles. The average Bonchev–Trinajstić information content (AvgIpc) is 3.04. The highest BCUT2D eigenvalue weighted by molar-refractivity contribution is 6.23. The second-order valence-corrected chi connectivity index (χ2v) is 9.12. The Labute approximate surface area is 176 Å². The molecule has 0 unspecified atom stereocenters. The lowest BCUT2D eigenvalue weighted by Crippen LogP contribution is -2.43. The maximum Gasteiger partial charge on any atom is 0.233 e. The van der Waals surface area contributed by atoms with Crippen molar-refractivity contribution in [2.45, 2.75) is 33.6 Å². The molecule has 2 aromatic carbocycles. The third-order valence-electron chi connectivity index (χ3n) is 5.97. The number of aryl methyl sites for hydroxylation is 1. The Morgan fingerprint density at radius 1 is 0.967 bits per heavy atom. The van der Waals surface area contributed by atoms with Gasteiger partial charge in [-0.25, -0.2) is 4.98 Å². The Kier molecular flexibility index (Phi) is 4.14. The molecule has 4 nitrogen and oxygen atoms in total. The number of fused-ring (bicyclic) bond motifs is 4. The number of amides is 1. The SMILES string of the molecule is CC(C)(C)C(=O)N1CCCc2cc(-c3cccc4c3-c3ccccc3C4=O)cnc21. The fourth-order valence-electron chi connectivity index (χ4n) is 4.53. The molecule has 5 rings (SSSR count). The predicted octanol–water partition coefficient (Wildman–Crippen LogP) is 5.29. The van der Waals surface area contributed by atoms with E-state index in [-0.39, 0.29) is 11.7 Å². The number of nitrogens with zero attached hydrogens (tertiary/aromatic N) is 2. The zero-order valence-electron chi connectivity index (χ0n) is 17.5. The molecule has 0 fully saturated rings. The summed E-state index contributed by atoms with van der Waals surface area (Å²) in [5.74, 6) is 0.952. The number of ketones is 1. The monoisotopic (exact) mass is 396 g/mol. The lowest BCUT2D eigenvalue weighted by atomic mass is 9.91. The van der Waals surface area contributed by atoms with Crippen LogP contribution in [0.2, 0.25) is 0 Å². The smallest absolute Gasteiger partial charge is 0.233 e. The van der Waals surface area contributed by atoms with Crippen LogP contribution in [0, 0.1) is 5.41 Å². The Morgan fingerprint density at radius 2 is 1.67 bits per heavy atom. The van der Waals surface area contributed by atoms with Gasteiger partial charge in [-0.1, -0.05) is 63.2 Å². The van der Waals surface area contributed by atoms with Crippen molar-refractivity contribution in [1.29, 1.82) is 0 Å². The number of hydrogen-bond acceptors (Lipinski definition) is 3. The van der Waals surface area contributed by atoms with Gasteiger partial charge in [0.25, 0.3) is 0 Å². The summed E-state index contributed by atoms with van der Waals surface area (Å²) in [6, 6.07) is 15.8. The van der Waals surface area contributed by atoms with Crippen molar-refractivity contribution in [2.24, 2.45) is 5.41 Å². The summed E-state index contributed by atoms with van der Waals surface area (Å²) in [7, 11) is 0. The van der Waals surface area contributed by atoms with Crippen molar-refractivity contribution in [3.05, 3.63) is 71.4 Å². The summed E-state index contributed by atoms with van der Waals surface area (Å²) in [6.45, 7) is 6.54. The fourth-order valence-corrected chi connectivity index (χ4v) is 4.53. The first-order valence-corrected chi connectivity index (χ1v) is 10.4. The minimum Gasteiger partial charge on any atom is -0.296 e. The molecule has 1 amide bonds. The second-order valence-electron chi connectivity index (χ2n) is 9.12. The highest BCUT2D eigenvalue weighted by atomic mass is 16.2. The average molecular weight is 396 g/mol. The van der Waals surface area contributed by atoms with Crippen molar-refractivity contribution in [1.82, 2.24) is 4.98 Å². The highest BCUT2D eigenvalue weighted by Gasteiger charge is 2.33. The van der Waals surface area contributed by atoms with Gasteiger partial charge >= 0.3 is 0 Å². The third kappa shape index (κ3) is 2.78. The number of pyridine rings is 1. The molecule has 2 heterocycles. The zero-order valence-corrected chi connectivity index (χ0v) is 17.5. The first-order valence-electron chi connectivity index (χ1n) is 10.4. The molecule has 0 spiro atoms. The Bertz CT molecular complexity index is 1200. The minimum absolute atomic E-state index is 0.0790. The van der Waals surface area contributed by atoms with E-state index in [2.05, 4.69) is 12.1 Å². The van der Waals surface area contributed by atoms with E-state index in [0.29, 0.717) is 6.54 Å². The predicted molar refractivity (Wildman–Crippen MR) is 119 cm³/mol. The number of benzene rings is 2. The van der Waals surface area contributed by atoms with Crippen LogP contribution >= 0.6 is 0 Å². The van der Waals surface area contributed by atoms with Crippen LogP contribution in [0.4, 0.5) is 5.82 Å². The van der Waals surface area contributed by atoms with Crippen LogP contribution in [0.3, 0.4) is 0 Å². The lowest BCUT2D eigenvalue weighted by Gasteiger charge is -2.33. The highest BCUT2D eigenvalue weighted by Crippen LogP contribution is 2.43. The molecule has 3 aromatic rings. The molecular weight excluding hydrogens is 372 g/mol. The van der Waals surface area contributed by atoms with E-state index < -0.39 is 5.41 Å². The molecule has 2 aliphatic rings. The number of carbonyl (C=O) groups is 2. The van der Waals surface area contributed by atoms with Crippen LogP contribution in [-0.2, 0) is 11.2 Å². The third-order valence-corrected chi connectivity index (χ3v) is 5.97. The van der Waals surface area contributed by atoms with Gasteiger partial charge in [0, 0.05) is 40.4 Å². The van der Waals surface area contributed by atoms with E-state index in [1.54, 1.807) is 0 Å². The van der Waals surface area contributed by atoms with E-state index in [1.165, 1.54) is 0 Å². The molecule has 4 heteroatoms. The number of rotatable bonds is 1. The molecule has 0 radical (unpaired) electrons. The topological polar surface area (TPSA) is 50.3 Å². The molecule has 1 aromatic heterocycles. The summed E-state index contributed by atoms with van der Waals surface area (Å²) in [6.07, 6.45) is 3.66. The molecule has 1 aliphatic heterocycles. The first kappa shape index (κ1) is 18.7. The number of hydrogen-bond donors (Lipinski definition) is 0. The van der Waals surface area contributed by atoms with E-state index >= 15 is 0 Å². The molecule has 0 atom stereocenters. The fraction of sp³-hybridized carbons (Fsp3) is 0.269. The van der Waals surface area contributed by atoms with Gasteiger partial charge < -0.3 is 0 Å². The standard InChI is InChI=1S/C26H24N2O2/c1-26(2,3)25(30)28-13-7-8-16-14-17(15-27-24(16)28)18-11-6-12-21-22(18)19-9-4-5-10-20(19)23(21)29/h4-6,9-12,14-15H,7-8,13H2,1-3H3. The first-order chi connectivity index (χ1) is 14.4. The van der Waals surface area contributed by atoms with Gasteiger partial charge in [0.2, 0.25) is 5.91 Å². The summed E-state index contributed by atoms with van der Waals surface area (Å²) in [4.78, 5) is 32.3. The quantitative estimate of drug-likeness (QED) is 0.439. The summed E-state index contributed by atoms with van der Waals surface area (Å²) < 4.78 is 0. The van der Waals surface area contributed by atoms with Gasteiger partial charge in [-0.3, -0.25) is 14.5 Å². The van der Waals surface area contributed by atoms with Crippen molar-refractivity contribution >= 4 is 17.5 Å². The van der Waals surface area contributed by atoms with Gasteiger partial charge in [0.15, 0.2) is 5.78 Å². The van der Waals surface area contributed by atoms with Crippen LogP contribution in [0.25, 0.3) is 22.3 Å². The van der Waals surface area contributed by atoms with Gasteiger partial charge in [0.05, 0.1) is 0 Å². The maximum absolute atomic E-state index is 12.9. The Hall–Kier alpha value is -3.27. The molecule has 1 aliphatic carbocycles. The van der Waals surface area contributed by atoms with Crippen molar-refractivity contribution in [2.75, 3.05) is 11.4 Å². The molecule has 0 bridgehead atoms. The molecule has 0 saturated carbocycles. The van der Waals surface area contributed by atoms with Crippen molar-refractivity contribution in [3.63, 3.8) is 0 Å². The summed E-state index contributed by atoms with van der Waals surface area (Å²) in [5, 5.41) is 0. The summed E-state index contributed by atoms with van der Waals surface area (Å²) in [5.41, 5.74) is 6.11. The van der Waals surface area contributed by atoms with E-state index in [4.69, 9.17) is 4.98 Å². The zero-order chi connectivity index (χ0) is 21.0. The maximum atomic E-state index is 12.9. The van der Waals surface area contributed by atoms with Gasteiger partial charge in [-0.15, -0.1) is 0 Å². The summed E-state index contributed by atoms with van der Waals surface area (Å²) >= 11 is 0. The van der Waals surface area contributed by atoms with E-state index in [1.807, 2.05) is 68.3 Å². The van der Waals surface area contributed by atoms with E-state index in [0.717, 1.165) is 57.6 Å². The molecule has 30 heavy (non-hydrogen) atoms. The Morgan fingerprint density at radius 3 is 2.43 bits per heavy atom. The van der Waals surface area contributed by atoms with Gasteiger partial charge in [0.1, 0.15) is 5.82 Å². The normalized spacial score (nSPS) is 14.9. The van der Waals surface area contributed by atoms with Crippen LogP contribution in [-0.4, -0.2) is 23.2 Å². The number of carbonyl (C=O) groups excluding carboxylic acids is 2. The van der Waals surface area contributed by atoms with Gasteiger partial charge in [-0.2, -0.15) is 0 Å². The minimum atomic E-state index is -0.445. The van der Waals surface area contributed by atoms with Gasteiger partial charge in [-0.05, 0) is 35.6 Å². The lowest BCUT2D eigenvalue weighted by molar-refractivity contribution is -0.125. The number of aromatic nitrogens is 1. The molecule has 0 N–H and O–H groups in total. The van der Waals surface area contributed by atoms with Crippen LogP contribution in [0.15, 0.2) is 54.7 Å². The molecule has 150 valence electrons. The van der Waals surface area contributed by atoms with Crippen molar-refractivity contribution in [3.8, 4) is 22.3 Å². The van der Waals surface area contributed by atoms with Crippen molar-refractivity contribution < 1.29 is 9.59 Å². The van der Waals surface area contributed by atoms with Crippen LogP contribution in [0.5, 0.6) is 0 Å². The number of anilines is 1. The second kappa shape index (κ2) is 6.63. The largest absolute Gasteiger partial charge is 0.296 e. The molecular formula is C26H24N2O2.